The van der Waals surface area contributed by atoms with Crippen molar-refractivity contribution < 1.29 is 8.78 Å². The van der Waals surface area contributed by atoms with Gasteiger partial charge in [0.2, 0.25) is 0 Å². The van der Waals surface area contributed by atoms with Crippen LogP contribution >= 0.6 is 0 Å². The van der Waals surface area contributed by atoms with E-state index in [1.54, 1.807) is 0 Å². The molecule has 0 saturated heterocycles. The van der Waals surface area contributed by atoms with Gasteiger partial charge < -0.3 is 5.73 Å². The fraction of sp³-hybridized carbons (Fsp3) is 0.333. The molecule has 0 aromatic heterocycles. The molecule has 4 unspecified atom stereocenters. The molecule has 0 bridgehead atoms. The van der Waals surface area contributed by atoms with E-state index in [4.69, 9.17) is 5.73 Å². The number of fused-ring (bicyclic) bond motifs is 3. The summed E-state index contributed by atoms with van der Waals surface area (Å²) in [5.41, 5.74) is 9.68. The minimum absolute atomic E-state index is 0.295. The Balaban J connectivity index is 1.65. The van der Waals surface area contributed by atoms with Gasteiger partial charge in [-0.05, 0) is 59.4 Å². The van der Waals surface area contributed by atoms with Crippen molar-refractivity contribution in [3.8, 4) is 0 Å². The molecule has 2 aromatic carbocycles. The van der Waals surface area contributed by atoms with Gasteiger partial charge in [0.05, 0.1) is 0 Å². The highest BCUT2D eigenvalue weighted by Crippen LogP contribution is 2.63. The third-order valence-corrected chi connectivity index (χ3v) is 5.08. The first-order valence-corrected chi connectivity index (χ1v) is 7.44. The van der Waals surface area contributed by atoms with E-state index >= 15 is 0 Å². The lowest BCUT2D eigenvalue weighted by Crippen LogP contribution is -2.14. The van der Waals surface area contributed by atoms with Crippen LogP contribution in [0.4, 0.5) is 8.78 Å². The lowest BCUT2D eigenvalue weighted by atomic mass is 9.92. The van der Waals surface area contributed by atoms with Gasteiger partial charge in [-0.3, -0.25) is 0 Å². The second-order valence-electron chi connectivity index (χ2n) is 6.23. The van der Waals surface area contributed by atoms with Gasteiger partial charge in [-0.15, -0.1) is 0 Å². The van der Waals surface area contributed by atoms with Crippen LogP contribution in [0, 0.1) is 23.5 Å². The van der Waals surface area contributed by atoms with Gasteiger partial charge in [0.15, 0.2) is 0 Å². The van der Waals surface area contributed by atoms with Gasteiger partial charge in [-0.2, -0.15) is 0 Å². The van der Waals surface area contributed by atoms with E-state index in [1.165, 1.54) is 23.3 Å². The summed E-state index contributed by atoms with van der Waals surface area (Å²) in [5.74, 6) is 0.210. The zero-order valence-corrected chi connectivity index (χ0v) is 11.6. The molecule has 3 heteroatoms. The van der Waals surface area contributed by atoms with Crippen molar-refractivity contribution in [2.45, 2.75) is 24.8 Å². The van der Waals surface area contributed by atoms with Crippen LogP contribution in [0.15, 0.2) is 42.5 Å². The van der Waals surface area contributed by atoms with Crippen LogP contribution in [0.5, 0.6) is 0 Å². The fourth-order valence-corrected chi connectivity index (χ4v) is 4.10. The summed E-state index contributed by atoms with van der Waals surface area (Å²) in [5, 5.41) is 0. The molecule has 21 heavy (non-hydrogen) atoms. The van der Waals surface area contributed by atoms with Gasteiger partial charge in [-0.1, -0.05) is 24.3 Å². The Morgan fingerprint density at radius 2 is 1.76 bits per heavy atom. The number of rotatable bonds is 2. The summed E-state index contributed by atoms with van der Waals surface area (Å²) in [6, 6.07) is 11.8. The maximum Gasteiger partial charge on any atom is 0.126 e. The lowest BCUT2D eigenvalue weighted by Gasteiger charge is -2.14. The van der Waals surface area contributed by atoms with Crippen molar-refractivity contribution in [1.82, 2.24) is 0 Å². The third-order valence-electron chi connectivity index (χ3n) is 5.08. The Bertz CT molecular complexity index is 677. The number of benzene rings is 2. The van der Waals surface area contributed by atoms with E-state index in [0.29, 0.717) is 23.3 Å². The molecule has 1 saturated carbocycles. The van der Waals surface area contributed by atoms with Crippen LogP contribution in [0.2, 0.25) is 0 Å². The summed E-state index contributed by atoms with van der Waals surface area (Å²) >= 11 is 0. The molecule has 0 aliphatic heterocycles. The number of nitrogens with two attached hydrogens (primary N) is 1. The molecule has 4 rings (SSSR count). The van der Waals surface area contributed by atoms with Crippen LogP contribution in [-0.2, 0) is 6.42 Å². The summed E-state index contributed by atoms with van der Waals surface area (Å²) in [7, 11) is 0. The molecule has 0 heterocycles. The summed E-state index contributed by atoms with van der Waals surface area (Å²) in [4.78, 5) is 0. The molecule has 0 radical (unpaired) electrons. The first kappa shape index (κ1) is 13.0. The quantitative estimate of drug-likeness (QED) is 0.888. The molecular weight excluding hydrogens is 268 g/mol. The zero-order chi connectivity index (χ0) is 14.6. The van der Waals surface area contributed by atoms with E-state index in [1.807, 2.05) is 0 Å². The molecule has 1 fully saturated rings. The molecule has 0 amide bonds. The molecular formula is C18H17F2N. The van der Waals surface area contributed by atoms with Crippen LogP contribution in [0.25, 0.3) is 0 Å². The first-order chi connectivity index (χ1) is 10.1. The SMILES string of the molecule is NC(c1cc(F)cc(F)c1)C1C2CCc3ccccc3C21. The summed E-state index contributed by atoms with van der Waals surface area (Å²) in [6.07, 6.45) is 2.20. The normalized spacial score (nSPS) is 27.7. The van der Waals surface area contributed by atoms with E-state index in [-0.39, 0.29) is 6.04 Å². The van der Waals surface area contributed by atoms with Gasteiger partial charge in [0.1, 0.15) is 11.6 Å². The molecule has 2 N–H and O–H groups in total. The molecule has 4 atom stereocenters. The monoisotopic (exact) mass is 285 g/mol. The third kappa shape index (κ3) is 2.07. The van der Waals surface area contributed by atoms with Gasteiger partial charge in [0.25, 0.3) is 0 Å². The summed E-state index contributed by atoms with van der Waals surface area (Å²) in [6.45, 7) is 0. The second kappa shape index (κ2) is 4.63. The number of aryl methyl sites for hydroxylation is 1. The number of halogens is 2. The van der Waals surface area contributed by atoms with Crippen molar-refractivity contribution in [1.29, 1.82) is 0 Å². The van der Waals surface area contributed by atoms with E-state index in [0.717, 1.165) is 18.9 Å². The minimum Gasteiger partial charge on any atom is -0.324 e. The van der Waals surface area contributed by atoms with Crippen molar-refractivity contribution in [2.24, 2.45) is 17.6 Å². The molecule has 2 aromatic rings. The highest BCUT2D eigenvalue weighted by atomic mass is 19.1. The van der Waals surface area contributed by atoms with Crippen molar-refractivity contribution >= 4 is 0 Å². The van der Waals surface area contributed by atoms with Crippen LogP contribution < -0.4 is 5.73 Å². The fourth-order valence-electron chi connectivity index (χ4n) is 4.10. The van der Waals surface area contributed by atoms with Crippen molar-refractivity contribution in [3.63, 3.8) is 0 Å². The Hall–Kier alpha value is -1.74. The molecule has 108 valence electrons. The Kier molecular flexibility index (Phi) is 2.86. The zero-order valence-electron chi connectivity index (χ0n) is 11.6. The van der Waals surface area contributed by atoms with Gasteiger partial charge >= 0.3 is 0 Å². The van der Waals surface area contributed by atoms with Crippen molar-refractivity contribution in [3.05, 3.63) is 70.8 Å². The first-order valence-electron chi connectivity index (χ1n) is 7.44. The average molecular weight is 285 g/mol. The van der Waals surface area contributed by atoms with Gasteiger partial charge in [-0.25, -0.2) is 8.78 Å². The Morgan fingerprint density at radius 3 is 2.52 bits per heavy atom. The largest absolute Gasteiger partial charge is 0.324 e. The predicted octanol–water partition coefficient (Wildman–Crippen LogP) is 3.94. The van der Waals surface area contributed by atoms with E-state index < -0.39 is 11.6 Å². The van der Waals surface area contributed by atoms with E-state index in [9.17, 15) is 8.78 Å². The van der Waals surface area contributed by atoms with Crippen LogP contribution in [0.3, 0.4) is 0 Å². The maximum absolute atomic E-state index is 13.4. The minimum atomic E-state index is -0.551. The topological polar surface area (TPSA) is 26.0 Å². The molecule has 2 aliphatic rings. The van der Waals surface area contributed by atoms with Crippen LogP contribution in [-0.4, -0.2) is 0 Å². The predicted molar refractivity (Wildman–Crippen MR) is 77.8 cm³/mol. The average Bonchev–Trinajstić information content (AvgIpc) is 3.20. The standard InChI is InChI=1S/C18H17F2N/c19-12-7-11(8-13(20)9-12)18(21)17-15-6-5-10-3-1-2-4-14(10)16(15)17/h1-4,7-9,15-18H,5-6,21H2. The molecule has 2 aliphatic carbocycles. The molecule has 0 spiro atoms. The lowest BCUT2D eigenvalue weighted by molar-refractivity contribution is 0.536. The smallest absolute Gasteiger partial charge is 0.126 e. The van der Waals surface area contributed by atoms with Gasteiger partial charge in [0, 0.05) is 12.1 Å². The van der Waals surface area contributed by atoms with E-state index in [2.05, 4.69) is 24.3 Å². The maximum atomic E-state index is 13.4. The molecule has 1 nitrogen and oxygen atoms in total. The summed E-state index contributed by atoms with van der Waals surface area (Å²) < 4.78 is 26.8. The number of hydrogen-bond acceptors (Lipinski definition) is 1. The highest BCUT2D eigenvalue weighted by molar-refractivity contribution is 5.41. The second-order valence-corrected chi connectivity index (χ2v) is 6.23. The highest BCUT2D eigenvalue weighted by Gasteiger charge is 2.55. The Morgan fingerprint density at radius 1 is 1.05 bits per heavy atom. The van der Waals surface area contributed by atoms with Crippen molar-refractivity contribution in [2.75, 3.05) is 0 Å². The van der Waals surface area contributed by atoms with Crippen LogP contribution in [0.1, 0.15) is 35.1 Å². The Labute approximate surface area is 122 Å². The number of hydrogen-bond donors (Lipinski definition) is 1.